The minimum atomic E-state index is 0.505. The Morgan fingerprint density at radius 1 is 1.45 bits per heavy atom. The average molecular weight is 290 g/mol. The molecular weight excluding hydrogens is 272 g/mol. The molecule has 1 N–H and O–H groups in total. The monoisotopic (exact) mass is 290 g/mol. The summed E-state index contributed by atoms with van der Waals surface area (Å²) in [5, 5.41) is 11.3. The first-order valence-corrected chi connectivity index (χ1v) is 7.09. The van der Waals surface area contributed by atoms with E-state index in [2.05, 4.69) is 22.2 Å². The highest BCUT2D eigenvalue weighted by Gasteiger charge is 2.03. The topological polar surface area (TPSA) is 55.2 Å². The zero-order chi connectivity index (χ0) is 14.4. The summed E-state index contributed by atoms with van der Waals surface area (Å²) in [5.41, 5.74) is 0.960. The molecule has 1 aromatic heterocycles. The fraction of sp³-hybridized carbons (Fsp3) is 0.357. The minimum Gasteiger partial charge on any atom is -0.494 e. The molecule has 0 bridgehead atoms. The molecule has 1 heterocycles. The van der Waals surface area contributed by atoms with Crippen molar-refractivity contribution in [3.05, 3.63) is 40.4 Å². The van der Waals surface area contributed by atoms with Gasteiger partial charge in [-0.05, 0) is 43.3 Å². The van der Waals surface area contributed by atoms with Gasteiger partial charge in [0.2, 0.25) is 4.77 Å². The number of hydrogen-bond acceptors (Lipinski definition) is 4. The van der Waals surface area contributed by atoms with Gasteiger partial charge in [-0.1, -0.05) is 19.1 Å². The van der Waals surface area contributed by atoms with Crippen molar-refractivity contribution in [2.75, 3.05) is 6.61 Å². The highest BCUT2D eigenvalue weighted by molar-refractivity contribution is 7.71. The van der Waals surface area contributed by atoms with E-state index in [0.29, 0.717) is 11.4 Å². The van der Waals surface area contributed by atoms with Crippen LogP contribution in [0.3, 0.4) is 0 Å². The first-order valence-electron chi connectivity index (χ1n) is 6.68. The molecule has 0 aliphatic rings. The number of benzene rings is 1. The summed E-state index contributed by atoms with van der Waals surface area (Å²) in [7, 11) is 0. The van der Waals surface area contributed by atoms with Crippen molar-refractivity contribution in [2.45, 2.75) is 26.7 Å². The quantitative estimate of drug-likeness (QED) is 0.656. The van der Waals surface area contributed by atoms with E-state index in [9.17, 15) is 0 Å². The first kappa shape index (κ1) is 14.5. The van der Waals surface area contributed by atoms with Gasteiger partial charge in [0.25, 0.3) is 0 Å². The van der Waals surface area contributed by atoms with Gasteiger partial charge in [0.15, 0.2) is 5.82 Å². The van der Waals surface area contributed by atoms with Crippen LogP contribution in [0.25, 0.3) is 0 Å². The molecule has 0 radical (unpaired) electrons. The normalized spacial score (nSPS) is 11.1. The van der Waals surface area contributed by atoms with E-state index in [0.717, 1.165) is 30.0 Å². The summed E-state index contributed by atoms with van der Waals surface area (Å²) in [5.74, 6) is 1.68. The summed E-state index contributed by atoms with van der Waals surface area (Å²) >= 11 is 5.18. The number of aromatic nitrogens is 3. The number of H-pyrrole nitrogens is 1. The van der Waals surface area contributed by atoms with E-state index < -0.39 is 0 Å². The van der Waals surface area contributed by atoms with E-state index in [1.807, 2.05) is 31.2 Å². The molecule has 0 aliphatic carbocycles. The predicted octanol–water partition coefficient (Wildman–Crippen LogP) is 3.17. The Morgan fingerprint density at radius 2 is 2.30 bits per heavy atom. The molecule has 1 aromatic carbocycles. The fourth-order valence-corrected chi connectivity index (χ4v) is 2.00. The van der Waals surface area contributed by atoms with Crippen LogP contribution < -0.4 is 4.74 Å². The Kier molecular flexibility index (Phi) is 5.06. The molecule has 20 heavy (non-hydrogen) atoms. The van der Waals surface area contributed by atoms with Crippen molar-refractivity contribution in [1.29, 1.82) is 0 Å². The van der Waals surface area contributed by atoms with Crippen molar-refractivity contribution in [1.82, 2.24) is 14.9 Å². The van der Waals surface area contributed by atoms with Crippen molar-refractivity contribution in [3.63, 3.8) is 0 Å². The molecule has 0 aliphatic heterocycles. The molecule has 0 saturated carbocycles. The predicted molar refractivity (Wildman–Crippen MR) is 82.0 cm³/mol. The molecule has 0 unspecified atom stereocenters. The van der Waals surface area contributed by atoms with Crippen molar-refractivity contribution < 1.29 is 4.74 Å². The van der Waals surface area contributed by atoms with E-state index >= 15 is 0 Å². The molecule has 2 rings (SSSR count). The molecule has 0 spiro atoms. The van der Waals surface area contributed by atoms with Crippen LogP contribution in [0.1, 0.15) is 31.7 Å². The second-order valence-electron chi connectivity index (χ2n) is 4.26. The van der Waals surface area contributed by atoms with Crippen LogP contribution in [0.5, 0.6) is 5.75 Å². The van der Waals surface area contributed by atoms with Gasteiger partial charge in [-0.3, -0.25) is 5.10 Å². The molecule has 0 atom stereocenters. The van der Waals surface area contributed by atoms with Crippen LogP contribution in [-0.4, -0.2) is 27.7 Å². The number of aromatic amines is 1. The number of hydrogen-bond donors (Lipinski definition) is 1. The lowest BCUT2D eigenvalue weighted by Crippen LogP contribution is -1.99. The number of ether oxygens (including phenoxy) is 1. The SMILES string of the molecule is CCCc1n[nH]c(=S)n1/N=C/c1cccc(OCC)c1. The van der Waals surface area contributed by atoms with Crippen molar-refractivity contribution in [3.8, 4) is 5.75 Å². The summed E-state index contributed by atoms with van der Waals surface area (Å²) in [6, 6.07) is 7.77. The lowest BCUT2D eigenvalue weighted by atomic mass is 10.2. The van der Waals surface area contributed by atoms with Gasteiger partial charge in [0.1, 0.15) is 5.75 Å². The number of rotatable bonds is 6. The third kappa shape index (κ3) is 3.54. The molecule has 0 amide bonds. The first-order chi connectivity index (χ1) is 9.74. The van der Waals surface area contributed by atoms with Crippen LogP contribution >= 0.6 is 12.2 Å². The molecule has 0 fully saturated rings. The van der Waals surface area contributed by atoms with Gasteiger partial charge in [0, 0.05) is 6.42 Å². The Bertz CT molecular complexity index is 645. The molecule has 0 saturated heterocycles. The van der Waals surface area contributed by atoms with Gasteiger partial charge >= 0.3 is 0 Å². The van der Waals surface area contributed by atoms with Crippen LogP contribution in [0.15, 0.2) is 29.4 Å². The summed E-state index contributed by atoms with van der Waals surface area (Å²) < 4.78 is 7.63. The van der Waals surface area contributed by atoms with E-state index in [1.165, 1.54) is 0 Å². The number of nitrogens with one attached hydrogen (secondary N) is 1. The fourth-order valence-electron chi connectivity index (χ4n) is 1.80. The smallest absolute Gasteiger partial charge is 0.216 e. The summed E-state index contributed by atoms with van der Waals surface area (Å²) in [4.78, 5) is 0. The van der Waals surface area contributed by atoms with Gasteiger partial charge < -0.3 is 4.74 Å². The van der Waals surface area contributed by atoms with Crippen molar-refractivity contribution >= 4 is 18.4 Å². The largest absolute Gasteiger partial charge is 0.494 e. The zero-order valence-electron chi connectivity index (χ0n) is 11.7. The molecular formula is C14H18N4OS. The van der Waals surface area contributed by atoms with Crippen LogP contribution in [0.2, 0.25) is 0 Å². The van der Waals surface area contributed by atoms with Gasteiger partial charge in [0.05, 0.1) is 12.8 Å². The molecule has 2 aromatic rings. The highest BCUT2D eigenvalue weighted by atomic mass is 32.1. The van der Waals surface area contributed by atoms with Gasteiger partial charge in [-0.25, -0.2) is 0 Å². The van der Waals surface area contributed by atoms with Gasteiger partial charge in [-0.15, -0.1) is 0 Å². The number of aryl methyl sites for hydroxylation is 1. The van der Waals surface area contributed by atoms with E-state index in [1.54, 1.807) is 10.9 Å². The lowest BCUT2D eigenvalue weighted by molar-refractivity contribution is 0.340. The molecule has 106 valence electrons. The van der Waals surface area contributed by atoms with Crippen LogP contribution in [0, 0.1) is 4.77 Å². The third-order valence-corrected chi connectivity index (χ3v) is 2.95. The van der Waals surface area contributed by atoms with Gasteiger partial charge in [-0.2, -0.15) is 14.9 Å². The summed E-state index contributed by atoms with van der Waals surface area (Å²) in [6.45, 7) is 4.70. The highest BCUT2D eigenvalue weighted by Crippen LogP contribution is 2.12. The maximum absolute atomic E-state index is 5.46. The third-order valence-electron chi connectivity index (χ3n) is 2.68. The van der Waals surface area contributed by atoms with E-state index in [4.69, 9.17) is 17.0 Å². The Hall–Kier alpha value is -1.95. The Balaban J connectivity index is 2.23. The maximum atomic E-state index is 5.46. The second kappa shape index (κ2) is 7.00. The van der Waals surface area contributed by atoms with E-state index in [-0.39, 0.29) is 0 Å². The van der Waals surface area contributed by atoms with Crippen LogP contribution in [-0.2, 0) is 6.42 Å². The standard InChI is InChI=1S/C14H18N4OS/c1-3-6-13-16-17-14(20)18(13)15-10-11-7-5-8-12(9-11)19-4-2/h5,7-10H,3-4,6H2,1-2H3,(H,17,20)/b15-10+. The zero-order valence-corrected chi connectivity index (χ0v) is 12.5. The molecule has 6 heteroatoms. The Labute approximate surface area is 123 Å². The summed E-state index contributed by atoms with van der Waals surface area (Å²) in [6.07, 6.45) is 3.59. The lowest BCUT2D eigenvalue weighted by Gasteiger charge is -2.03. The minimum absolute atomic E-state index is 0.505. The number of nitrogens with zero attached hydrogens (tertiary/aromatic N) is 3. The maximum Gasteiger partial charge on any atom is 0.216 e. The molecule has 5 nitrogen and oxygen atoms in total. The van der Waals surface area contributed by atoms with Crippen molar-refractivity contribution in [2.24, 2.45) is 5.10 Å². The average Bonchev–Trinajstić information content (AvgIpc) is 2.79. The Morgan fingerprint density at radius 3 is 3.05 bits per heavy atom. The second-order valence-corrected chi connectivity index (χ2v) is 4.64. The van der Waals surface area contributed by atoms with Crippen LogP contribution in [0.4, 0.5) is 0 Å².